The first-order chi connectivity index (χ1) is 8.13. The van der Waals surface area contributed by atoms with Crippen LogP contribution in [0.4, 0.5) is 0 Å². The summed E-state index contributed by atoms with van der Waals surface area (Å²) in [4.78, 5) is 12.8. The first-order valence-electron chi connectivity index (χ1n) is 4.96. The minimum Gasteiger partial charge on any atom is -0.251 e. The summed E-state index contributed by atoms with van der Waals surface area (Å²) in [6.45, 7) is 2.02. The van der Waals surface area contributed by atoms with Gasteiger partial charge in [0, 0.05) is 6.20 Å². The molecule has 2 heterocycles. The molecular weight excluding hydrogens is 372 g/mol. The van der Waals surface area contributed by atoms with Crippen LogP contribution in [0.3, 0.4) is 0 Å². The van der Waals surface area contributed by atoms with Crippen LogP contribution in [0.5, 0.6) is 0 Å². The molecule has 2 rings (SSSR count). The largest absolute Gasteiger partial charge is 0.251 e. The Balaban J connectivity index is 2.61. The van der Waals surface area contributed by atoms with Crippen molar-refractivity contribution >= 4 is 45.8 Å². The van der Waals surface area contributed by atoms with Crippen LogP contribution in [0.15, 0.2) is 18.3 Å². The van der Waals surface area contributed by atoms with Gasteiger partial charge in [-0.15, -0.1) is 0 Å². The summed E-state index contributed by atoms with van der Waals surface area (Å²) in [5.41, 5.74) is 1.46. The van der Waals surface area contributed by atoms with Crippen LogP contribution in [-0.2, 0) is 6.42 Å². The van der Waals surface area contributed by atoms with Crippen molar-refractivity contribution in [3.8, 4) is 11.5 Å². The topological polar surface area (TPSA) is 38.7 Å². The zero-order valence-corrected chi connectivity index (χ0v) is 12.6. The van der Waals surface area contributed by atoms with Crippen LogP contribution >= 0.6 is 45.8 Å². The van der Waals surface area contributed by atoms with Gasteiger partial charge in [0.15, 0.2) is 5.82 Å². The zero-order valence-electron chi connectivity index (χ0n) is 8.91. The highest BCUT2D eigenvalue weighted by molar-refractivity contribution is 14.1. The fourth-order valence-corrected chi connectivity index (χ4v) is 2.37. The van der Waals surface area contributed by atoms with Crippen LogP contribution < -0.4 is 0 Å². The van der Waals surface area contributed by atoms with Crippen molar-refractivity contribution in [2.75, 3.05) is 0 Å². The molecule has 6 heteroatoms. The lowest BCUT2D eigenvalue weighted by Crippen LogP contribution is -2.00. The molecule has 17 heavy (non-hydrogen) atoms. The lowest BCUT2D eigenvalue weighted by atomic mass is 10.3. The number of halogens is 3. The third-order valence-electron chi connectivity index (χ3n) is 2.18. The van der Waals surface area contributed by atoms with E-state index in [1.54, 1.807) is 18.3 Å². The van der Waals surface area contributed by atoms with Crippen LogP contribution in [-0.4, -0.2) is 15.0 Å². The van der Waals surface area contributed by atoms with Crippen LogP contribution in [0.2, 0.25) is 10.2 Å². The summed E-state index contributed by atoms with van der Waals surface area (Å²) in [6.07, 6.45) is 2.44. The Morgan fingerprint density at radius 1 is 1.29 bits per heavy atom. The fraction of sp³-hybridized carbons (Fsp3) is 0.182. The smallest absolute Gasteiger partial charge is 0.181 e. The van der Waals surface area contributed by atoms with E-state index in [2.05, 4.69) is 37.5 Å². The molecule has 0 aromatic carbocycles. The van der Waals surface area contributed by atoms with Crippen molar-refractivity contribution in [1.82, 2.24) is 15.0 Å². The number of aryl methyl sites for hydroxylation is 1. The van der Waals surface area contributed by atoms with Gasteiger partial charge in [0.1, 0.15) is 10.8 Å². The summed E-state index contributed by atoms with van der Waals surface area (Å²) in [6, 6.07) is 3.52. The summed E-state index contributed by atoms with van der Waals surface area (Å²) in [5.74, 6) is 0.470. The second-order valence-corrected chi connectivity index (χ2v) is 5.13. The number of rotatable bonds is 2. The van der Waals surface area contributed by atoms with E-state index in [1.165, 1.54) is 0 Å². The highest BCUT2D eigenvalue weighted by Crippen LogP contribution is 2.26. The minimum atomic E-state index is 0.439. The van der Waals surface area contributed by atoms with E-state index in [1.807, 2.05) is 6.92 Å². The molecule has 88 valence electrons. The van der Waals surface area contributed by atoms with Gasteiger partial charge >= 0.3 is 0 Å². The van der Waals surface area contributed by atoms with Gasteiger partial charge in [-0.3, -0.25) is 4.98 Å². The Labute approximate surface area is 123 Å². The molecule has 0 bridgehead atoms. The van der Waals surface area contributed by atoms with Gasteiger partial charge in [-0.25, -0.2) is 9.97 Å². The summed E-state index contributed by atoms with van der Waals surface area (Å²) < 4.78 is 0.877. The van der Waals surface area contributed by atoms with Gasteiger partial charge in [-0.05, 0) is 41.1 Å². The van der Waals surface area contributed by atoms with Gasteiger partial charge in [0.2, 0.25) is 0 Å². The molecule has 3 nitrogen and oxygen atoms in total. The van der Waals surface area contributed by atoms with Crippen molar-refractivity contribution < 1.29 is 0 Å². The van der Waals surface area contributed by atoms with Crippen molar-refractivity contribution in [2.24, 2.45) is 0 Å². The first kappa shape index (κ1) is 13.0. The second kappa shape index (κ2) is 5.46. The average Bonchev–Trinajstić information content (AvgIpc) is 2.33. The second-order valence-electron chi connectivity index (χ2n) is 3.29. The van der Waals surface area contributed by atoms with E-state index in [0.29, 0.717) is 21.7 Å². The summed E-state index contributed by atoms with van der Waals surface area (Å²) in [5, 5.41) is 0.959. The van der Waals surface area contributed by atoms with Crippen LogP contribution in [0, 0.1) is 3.57 Å². The number of aromatic nitrogens is 3. The van der Waals surface area contributed by atoms with Crippen LogP contribution in [0.1, 0.15) is 12.6 Å². The molecule has 2 aromatic heterocycles. The number of nitrogens with zero attached hydrogens (tertiary/aromatic N) is 3. The van der Waals surface area contributed by atoms with E-state index < -0.39 is 0 Å². The van der Waals surface area contributed by atoms with E-state index in [9.17, 15) is 0 Å². The number of pyridine rings is 1. The zero-order chi connectivity index (χ0) is 12.4. The van der Waals surface area contributed by atoms with Gasteiger partial charge in [0.05, 0.1) is 14.3 Å². The van der Waals surface area contributed by atoms with Gasteiger partial charge in [0.25, 0.3) is 0 Å². The molecule has 0 unspecified atom stereocenters. The highest BCUT2D eigenvalue weighted by atomic mass is 127. The molecule has 0 radical (unpaired) electrons. The van der Waals surface area contributed by atoms with Gasteiger partial charge in [-0.1, -0.05) is 30.1 Å². The summed E-state index contributed by atoms with van der Waals surface area (Å²) >= 11 is 14.3. The minimum absolute atomic E-state index is 0.439. The standard InChI is InChI=1S/C11H8Cl2IN3/c1-2-7-8(14)10(13)17-11(16-7)9-6(12)4-3-5-15-9/h3-5H,2H2,1H3. The molecule has 0 N–H and O–H groups in total. The van der Waals surface area contributed by atoms with Gasteiger partial charge in [-0.2, -0.15) is 0 Å². The molecule has 0 amide bonds. The average molecular weight is 380 g/mol. The Hall–Kier alpha value is -0.460. The molecule has 0 fully saturated rings. The van der Waals surface area contributed by atoms with E-state index in [-0.39, 0.29) is 0 Å². The van der Waals surface area contributed by atoms with Crippen molar-refractivity contribution in [3.05, 3.63) is 37.8 Å². The number of hydrogen-bond donors (Lipinski definition) is 0. The van der Waals surface area contributed by atoms with Crippen molar-refractivity contribution in [2.45, 2.75) is 13.3 Å². The predicted molar refractivity (Wildman–Crippen MR) is 77.4 cm³/mol. The molecule has 0 atom stereocenters. The fourth-order valence-electron chi connectivity index (χ4n) is 1.35. The third-order valence-corrected chi connectivity index (χ3v) is 4.22. The molecular formula is C11H8Cl2IN3. The maximum Gasteiger partial charge on any atom is 0.181 e. The molecule has 0 saturated heterocycles. The maximum absolute atomic E-state index is 6.07. The predicted octanol–water partition coefficient (Wildman–Crippen LogP) is 4.01. The molecule has 0 aliphatic carbocycles. The molecule has 2 aromatic rings. The van der Waals surface area contributed by atoms with E-state index in [0.717, 1.165) is 15.7 Å². The normalized spacial score (nSPS) is 10.6. The Morgan fingerprint density at radius 2 is 2.06 bits per heavy atom. The van der Waals surface area contributed by atoms with Crippen LogP contribution in [0.25, 0.3) is 11.5 Å². The lowest BCUT2D eigenvalue weighted by Gasteiger charge is -2.06. The van der Waals surface area contributed by atoms with Crippen molar-refractivity contribution in [3.63, 3.8) is 0 Å². The quantitative estimate of drug-likeness (QED) is 0.584. The van der Waals surface area contributed by atoms with Gasteiger partial charge < -0.3 is 0 Å². The van der Waals surface area contributed by atoms with E-state index in [4.69, 9.17) is 23.2 Å². The van der Waals surface area contributed by atoms with Crippen molar-refractivity contribution in [1.29, 1.82) is 0 Å². The monoisotopic (exact) mass is 379 g/mol. The maximum atomic E-state index is 6.07. The third kappa shape index (κ3) is 2.69. The Bertz CT molecular complexity index is 560. The Morgan fingerprint density at radius 3 is 2.71 bits per heavy atom. The molecule has 0 aliphatic rings. The highest BCUT2D eigenvalue weighted by Gasteiger charge is 2.13. The SMILES string of the molecule is CCc1nc(-c2ncccc2Cl)nc(Cl)c1I. The number of hydrogen-bond acceptors (Lipinski definition) is 3. The molecule has 0 saturated carbocycles. The first-order valence-corrected chi connectivity index (χ1v) is 6.79. The summed E-state index contributed by atoms with van der Waals surface area (Å²) in [7, 11) is 0. The molecule has 0 aliphatic heterocycles. The van der Waals surface area contributed by atoms with E-state index >= 15 is 0 Å². The lowest BCUT2D eigenvalue weighted by molar-refractivity contribution is 0.983. The molecule has 0 spiro atoms. The Kier molecular flexibility index (Phi) is 4.17.